The molecule has 36 heavy (non-hydrogen) atoms. The molecule has 2 aromatic heterocycles. The highest BCUT2D eigenvalue weighted by molar-refractivity contribution is 7.92. The first-order valence-electron chi connectivity index (χ1n) is 10.2. The molecule has 0 radical (unpaired) electrons. The summed E-state index contributed by atoms with van der Waals surface area (Å²) in [4.78, 5) is 15.6. The Morgan fingerprint density at radius 1 is 1.06 bits per heavy atom. The first-order valence-corrected chi connectivity index (χ1v) is 12.9. The van der Waals surface area contributed by atoms with Gasteiger partial charge < -0.3 is 5.11 Å². The molecule has 4 aromatic rings. The molecular formula is C24H16ClF3N2O4S2. The van der Waals surface area contributed by atoms with Gasteiger partial charge in [-0.2, -0.15) is 13.2 Å². The van der Waals surface area contributed by atoms with Crippen molar-refractivity contribution >= 4 is 44.7 Å². The molecule has 2 heterocycles. The summed E-state index contributed by atoms with van der Waals surface area (Å²) in [7, 11) is -4.40. The van der Waals surface area contributed by atoms with Gasteiger partial charge >= 0.3 is 12.1 Å². The van der Waals surface area contributed by atoms with E-state index < -0.39 is 38.6 Å². The van der Waals surface area contributed by atoms with Gasteiger partial charge in [0.25, 0.3) is 10.0 Å². The first kappa shape index (κ1) is 25.7. The van der Waals surface area contributed by atoms with Crippen molar-refractivity contribution in [3.63, 3.8) is 0 Å². The minimum atomic E-state index is -4.72. The SMILES string of the molecule is O=C(O)c1ccc(S(=O)(=O)N(Cc2ccc(-c3cccs3)cc2)c2ncc(C(F)(F)F)cc2Cl)cc1. The Morgan fingerprint density at radius 2 is 1.72 bits per heavy atom. The number of rotatable bonds is 7. The molecule has 0 saturated carbocycles. The average molecular weight is 553 g/mol. The number of hydrogen-bond donors (Lipinski definition) is 1. The number of carboxylic acid groups (broad SMARTS) is 1. The lowest BCUT2D eigenvalue weighted by molar-refractivity contribution is -0.137. The number of benzene rings is 2. The highest BCUT2D eigenvalue weighted by atomic mass is 35.5. The highest BCUT2D eigenvalue weighted by Gasteiger charge is 2.34. The molecular weight excluding hydrogens is 537 g/mol. The second-order valence-electron chi connectivity index (χ2n) is 7.54. The van der Waals surface area contributed by atoms with Crippen LogP contribution < -0.4 is 4.31 Å². The van der Waals surface area contributed by atoms with E-state index in [9.17, 15) is 26.4 Å². The van der Waals surface area contributed by atoms with Gasteiger partial charge in [-0.3, -0.25) is 0 Å². The molecule has 12 heteroatoms. The Balaban J connectivity index is 1.76. The van der Waals surface area contributed by atoms with Crippen LogP contribution in [-0.2, 0) is 22.7 Å². The van der Waals surface area contributed by atoms with Crippen LogP contribution in [0.1, 0.15) is 21.5 Å². The van der Waals surface area contributed by atoms with Crippen molar-refractivity contribution in [2.75, 3.05) is 4.31 Å². The summed E-state index contributed by atoms with van der Waals surface area (Å²) in [6.07, 6.45) is -4.21. The molecule has 0 aliphatic rings. The number of aromatic nitrogens is 1. The molecule has 2 aromatic carbocycles. The minimum absolute atomic E-state index is 0.129. The lowest BCUT2D eigenvalue weighted by Crippen LogP contribution is -2.32. The van der Waals surface area contributed by atoms with Crippen molar-refractivity contribution in [2.24, 2.45) is 0 Å². The van der Waals surface area contributed by atoms with Gasteiger partial charge in [0.1, 0.15) is 0 Å². The topological polar surface area (TPSA) is 87.6 Å². The maximum absolute atomic E-state index is 13.6. The number of thiophene rings is 1. The van der Waals surface area contributed by atoms with Crippen LogP contribution in [0.15, 0.2) is 83.2 Å². The molecule has 4 rings (SSSR count). The van der Waals surface area contributed by atoms with Crippen LogP contribution in [0.2, 0.25) is 5.02 Å². The fraction of sp³-hybridized carbons (Fsp3) is 0.0833. The van der Waals surface area contributed by atoms with Gasteiger partial charge in [0.05, 0.1) is 27.6 Å². The highest BCUT2D eigenvalue weighted by Crippen LogP contribution is 2.36. The number of alkyl halides is 3. The number of anilines is 1. The monoisotopic (exact) mass is 552 g/mol. The second kappa shape index (κ2) is 9.92. The smallest absolute Gasteiger partial charge is 0.417 e. The summed E-state index contributed by atoms with van der Waals surface area (Å²) in [6.45, 7) is -0.286. The van der Waals surface area contributed by atoms with Gasteiger partial charge in [0.15, 0.2) is 5.82 Å². The molecule has 0 spiro atoms. The molecule has 0 atom stereocenters. The molecule has 0 amide bonds. The van der Waals surface area contributed by atoms with Crippen LogP contribution in [0, 0.1) is 0 Å². The average Bonchev–Trinajstić information content (AvgIpc) is 3.37. The fourth-order valence-electron chi connectivity index (χ4n) is 3.32. The lowest BCUT2D eigenvalue weighted by atomic mass is 10.1. The van der Waals surface area contributed by atoms with Crippen molar-refractivity contribution < 1.29 is 31.5 Å². The molecule has 1 N–H and O–H groups in total. The van der Waals surface area contributed by atoms with Gasteiger partial charge in [-0.15, -0.1) is 11.3 Å². The number of halogens is 4. The van der Waals surface area contributed by atoms with Crippen molar-refractivity contribution in [2.45, 2.75) is 17.6 Å². The molecule has 0 aliphatic heterocycles. The summed E-state index contributed by atoms with van der Waals surface area (Å²) >= 11 is 7.64. The normalized spacial score (nSPS) is 11.9. The third-order valence-corrected chi connectivity index (χ3v) is 8.11. The number of sulfonamides is 1. The van der Waals surface area contributed by atoms with Crippen LogP contribution in [0.4, 0.5) is 19.0 Å². The maximum Gasteiger partial charge on any atom is 0.417 e. The summed E-state index contributed by atoms with van der Waals surface area (Å²) in [5.41, 5.74) is 0.187. The van der Waals surface area contributed by atoms with E-state index >= 15 is 0 Å². The van der Waals surface area contributed by atoms with Crippen LogP contribution in [0.3, 0.4) is 0 Å². The van der Waals surface area contributed by atoms with Gasteiger partial charge in [-0.25, -0.2) is 22.5 Å². The minimum Gasteiger partial charge on any atom is -0.478 e. The Bertz CT molecular complexity index is 1490. The molecule has 6 nitrogen and oxygen atoms in total. The Hall–Kier alpha value is -3.41. The summed E-state index contributed by atoms with van der Waals surface area (Å²) < 4.78 is 67.3. The Kier molecular flexibility index (Phi) is 7.07. The largest absolute Gasteiger partial charge is 0.478 e. The van der Waals surface area contributed by atoms with Crippen molar-refractivity contribution in [1.29, 1.82) is 0 Å². The zero-order chi connectivity index (χ0) is 26.1. The summed E-state index contributed by atoms with van der Waals surface area (Å²) in [6, 6.07) is 15.9. The third-order valence-electron chi connectivity index (χ3n) is 5.16. The quantitative estimate of drug-likeness (QED) is 0.280. The van der Waals surface area contributed by atoms with Crippen molar-refractivity contribution in [1.82, 2.24) is 4.98 Å². The summed E-state index contributed by atoms with van der Waals surface area (Å²) in [5, 5.41) is 10.5. The van der Waals surface area contributed by atoms with Crippen LogP contribution in [0.25, 0.3) is 10.4 Å². The Morgan fingerprint density at radius 3 is 2.25 bits per heavy atom. The molecule has 186 valence electrons. The molecule has 0 fully saturated rings. The van der Waals surface area contributed by atoms with Gasteiger partial charge in [-0.05, 0) is 52.9 Å². The van der Waals surface area contributed by atoms with Crippen molar-refractivity contribution in [3.8, 4) is 10.4 Å². The van der Waals surface area contributed by atoms with E-state index in [2.05, 4.69) is 4.98 Å². The summed E-state index contributed by atoms with van der Waals surface area (Å²) in [5.74, 6) is -1.64. The number of pyridine rings is 1. The van der Waals surface area contributed by atoms with Gasteiger partial charge in [-0.1, -0.05) is 41.9 Å². The van der Waals surface area contributed by atoms with E-state index in [1.165, 1.54) is 11.3 Å². The van der Waals surface area contributed by atoms with Crippen LogP contribution in [0.5, 0.6) is 0 Å². The van der Waals surface area contributed by atoms with Crippen LogP contribution in [-0.4, -0.2) is 24.5 Å². The van der Waals surface area contributed by atoms with Gasteiger partial charge in [0, 0.05) is 11.1 Å². The number of carbonyl (C=O) groups is 1. The third kappa shape index (κ3) is 5.38. The van der Waals surface area contributed by atoms with E-state index in [4.69, 9.17) is 16.7 Å². The fourth-order valence-corrected chi connectivity index (χ4v) is 5.80. The van der Waals surface area contributed by atoms with E-state index in [-0.39, 0.29) is 17.0 Å². The predicted octanol–water partition coefficient (Wildman–Crippen LogP) is 6.58. The molecule has 0 unspecified atom stereocenters. The van der Waals surface area contributed by atoms with E-state index in [0.29, 0.717) is 17.8 Å². The zero-order valence-electron chi connectivity index (χ0n) is 18.1. The van der Waals surface area contributed by atoms with E-state index in [0.717, 1.165) is 39.0 Å². The number of nitrogens with zero attached hydrogens (tertiary/aromatic N) is 2. The van der Waals surface area contributed by atoms with Gasteiger partial charge in [0.2, 0.25) is 0 Å². The maximum atomic E-state index is 13.6. The number of carboxylic acids is 1. The predicted molar refractivity (Wildman–Crippen MR) is 131 cm³/mol. The van der Waals surface area contributed by atoms with E-state index in [1.807, 2.05) is 17.5 Å². The molecule has 0 bridgehead atoms. The zero-order valence-corrected chi connectivity index (χ0v) is 20.5. The number of hydrogen-bond acceptors (Lipinski definition) is 5. The first-order chi connectivity index (χ1) is 17.0. The van der Waals surface area contributed by atoms with Crippen molar-refractivity contribution in [3.05, 3.63) is 100 Å². The van der Waals surface area contributed by atoms with Crippen LogP contribution >= 0.6 is 22.9 Å². The molecule has 0 saturated heterocycles. The Labute approximate surface area is 213 Å². The lowest BCUT2D eigenvalue weighted by Gasteiger charge is -2.25. The number of aromatic carboxylic acids is 1. The van der Waals surface area contributed by atoms with E-state index in [1.54, 1.807) is 24.3 Å². The second-order valence-corrected chi connectivity index (χ2v) is 10.8. The standard InChI is InChI=1S/C24H16ClF3N2O4S2/c25-20-12-18(24(26,27)28)13-29-22(20)30(36(33,34)19-9-7-17(8-10-19)23(31)32)14-15-3-5-16(6-4-15)21-2-1-11-35-21/h1-13H,14H2,(H,31,32). The molecule has 0 aliphatic carbocycles.